The van der Waals surface area contributed by atoms with Crippen LogP contribution in [0.5, 0.6) is 0 Å². The van der Waals surface area contributed by atoms with Gasteiger partial charge in [-0.1, -0.05) is 0 Å². The minimum absolute atomic E-state index is 0.209. The first kappa shape index (κ1) is 12.0. The van der Waals surface area contributed by atoms with E-state index in [-0.39, 0.29) is 23.7 Å². The van der Waals surface area contributed by atoms with Gasteiger partial charge in [0.2, 0.25) is 0 Å². The molecule has 0 amide bonds. The van der Waals surface area contributed by atoms with Crippen molar-refractivity contribution in [3.63, 3.8) is 0 Å². The van der Waals surface area contributed by atoms with Gasteiger partial charge in [0.1, 0.15) is 5.56 Å². The second-order valence-corrected chi connectivity index (χ2v) is 5.31. The number of ether oxygens (including phenoxy) is 1. The van der Waals surface area contributed by atoms with Crippen molar-refractivity contribution in [2.24, 2.45) is 0 Å². The fourth-order valence-corrected chi connectivity index (χ4v) is 3.01. The van der Waals surface area contributed by atoms with Crippen LogP contribution in [0.1, 0.15) is 10.4 Å². The number of nitrogens with zero attached hydrogens (tertiary/aromatic N) is 2. The average Bonchev–Trinajstić information content (AvgIpc) is 2.80. The van der Waals surface area contributed by atoms with Crippen molar-refractivity contribution < 1.29 is 23.1 Å². The van der Waals surface area contributed by atoms with Gasteiger partial charge in [-0.2, -0.15) is 9.40 Å². The zero-order valence-electron chi connectivity index (χ0n) is 8.79. The van der Waals surface area contributed by atoms with E-state index in [1.165, 1.54) is 4.31 Å². The number of aromatic carboxylic acids is 1. The number of morpholine rings is 1. The van der Waals surface area contributed by atoms with E-state index in [1.807, 2.05) is 0 Å². The molecule has 1 fully saturated rings. The molecular formula is C8H11N3O5S. The van der Waals surface area contributed by atoms with Crippen molar-refractivity contribution in [3.05, 3.63) is 11.8 Å². The summed E-state index contributed by atoms with van der Waals surface area (Å²) >= 11 is 0. The molecule has 0 bridgehead atoms. The van der Waals surface area contributed by atoms with Crippen LogP contribution in [-0.4, -0.2) is 60.3 Å². The van der Waals surface area contributed by atoms with Gasteiger partial charge in [0.15, 0.2) is 5.03 Å². The molecule has 0 aromatic carbocycles. The molecule has 0 unspecified atom stereocenters. The number of carboxylic acids is 1. The summed E-state index contributed by atoms with van der Waals surface area (Å²) in [4.78, 5) is 10.8. The molecule has 1 aliphatic rings. The normalized spacial score (nSPS) is 18.1. The van der Waals surface area contributed by atoms with Crippen molar-refractivity contribution in [1.82, 2.24) is 14.5 Å². The van der Waals surface area contributed by atoms with Crippen LogP contribution in [0, 0.1) is 0 Å². The summed E-state index contributed by atoms with van der Waals surface area (Å²) in [5.41, 5.74) is -0.350. The van der Waals surface area contributed by atoms with Crippen molar-refractivity contribution >= 4 is 16.0 Å². The summed E-state index contributed by atoms with van der Waals surface area (Å²) in [5, 5.41) is 14.2. The standard InChI is InChI=1S/C8H11N3O5S/c12-8(13)6-5-9-10-7(6)17(14,15)11-1-3-16-4-2-11/h5H,1-4H2,(H,9,10)(H,12,13). The summed E-state index contributed by atoms with van der Waals surface area (Å²) in [6.07, 6.45) is 0.982. The van der Waals surface area contributed by atoms with Crippen molar-refractivity contribution in [2.45, 2.75) is 5.03 Å². The molecule has 0 spiro atoms. The highest BCUT2D eigenvalue weighted by Crippen LogP contribution is 2.18. The van der Waals surface area contributed by atoms with Gasteiger partial charge in [-0.05, 0) is 0 Å². The monoisotopic (exact) mass is 261 g/mol. The smallest absolute Gasteiger partial charge is 0.340 e. The second-order valence-electron chi connectivity index (χ2n) is 3.43. The van der Waals surface area contributed by atoms with Gasteiger partial charge in [-0.25, -0.2) is 13.2 Å². The molecule has 0 saturated carbocycles. The van der Waals surface area contributed by atoms with Crippen molar-refractivity contribution in [2.75, 3.05) is 26.3 Å². The van der Waals surface area contributed by atoms with Crippen molar-refractivity contribution in [1.29, 1.82) is 0 Å². The fraction of sp³-hybridized carbons (Fsp3) is 0.500. The topological polar surface area (TPSA) is 113 Å². The summed E-state index contributed by atoms with van der Waals surface area (Å²) in [5.74, 6) is -1.33. The Kier molecular flexibility index (Phi) is 3.13. The number of sulfonamides is 1. The predicted octanol–water partition coefficient (Wildman–Crippen LogP) is -0.871. The number of aromatic amines is 1. The SMILES string of the molecule is O=C(O)c1cn[nH]c1S(=O)(=O)N1CCOCC1. The molecule has 2 heterocycles. The molecule has 1 saturated heterocycles. The third-order valence-electron chi connectivity index (χ3n) is 2.40. The van der Waals surface area contributed by atoms with E-state index >= 15 is 0 Å². The van der Waals surface area contributed by atoms with Gasteiger partial charge < -0.3 is 9.84 Å². The molecular weight excluding hydrogens is 250 g/mol. The lowest BCUT2D eigenvalue weighted by Crippen LogP contribution is -2.41. The highest BCUT2D eigenvalue weighted by Gasteiger charge is 2.31. The van der Waals surface area contributed by atoms with Gasteiger partial charge >= 0.3 is 5.97 Å². The third kappa shape index (κ3) is 2.16. The maximum atomic E-state index is 12.1. The molecule has 1 aliphatic heterocycles. The molecule has 94 valence electrons. The number of carbonyl (C=O) groups is 1. The van der Waals surface area contributed by atoms with Gasteiger partial charge in [-0.3, -0.25) is 5.10 Å². The molecule has 2 N–H and O–H groups in total. The Labute approximate surface area is 97.2 Å². The second kappa shape index (κ2) is 4.43. The van der Waals surface area contributed by atoms with E-state index in [9.17, 15) is 13.2 Å². The molecule has 2 rings (SSSR count). The maximum Gasteiger partial charge on any atom is 0.340 e. The lowest BCUT2D eigenvalue weighted by Gasteiger charge is -2.25. The van der Waals surface area contributed by atoms with Crippen LogP contribution >= 0.6 is 0 Å². The Balaban J connectivity index is 2.37. The zero-order valence-corrected chi connectivity index (χ0v) is 9.61. The molecule has 0 atom stereocenters. The van der Waals surface area contributed by atoms with E-state index in [4.69, 9.17) is 9.84 Å². The first-order valence-corrected chi connectivity index (χ1v) is 6.32. The van der Waals surface area contributed by atoms with Gasteiger partial charge in [0.25, 0.3) is 10.0 Å². The Morgan fingerprint density at radius 1 is 1.47 bits per heavy atom. The Morgan fingerprint density at radius 2 is 2.12 bits per heavy atom. The summed E-state index contributed by atoms with van der Waals surface area (Å²) in [6, 6.07) is 0. The first-order valence-electron chi connectivity index (χ1n) is 4.88. The number of H-pyrrole nitrogens is 1. The molecule has 1 aromatic rings. The predicted molar refractivity (Wildman–Crippen MR) is 55.1 cm³/mol. The van der Waals surface area contributed by atoms with Gasteiger partial charge in [-0.15, -0.1) is 0 Å². The quantitative estimate of drug-likeness (QED) is 0.731. The number of carboxylic acid groups (broad SMARTS) is 1. The van der Waals surface area contributed by atoms with Gasteiger partial charge in [0, 0.05) is 13.1 Å². The zero-order chi connectivity index (χ0) is 12.5. The molecule has 17 heavy (non-hydrogen) atoms. The van der Waals surface area contributed by atoms with Crippen LogP contribution in [-0.2, 0) is 14.8 Å². The van der Waals surface area contributed by atoms with E-state index in [2.05, 4.69) is 10.2 Å². The van der Waals surface area contributed by atoms with E-state index in [0.29, 0.717) is 13.2 Å². The highest BCUT2D eigenvalue weighted by atomic mass is 32.2. The summed E-state index contributed by atoms with van der Waals surface area (Å²) in [6.45, 7) is 1.02. The van der Waals surface area contributed by atoms with Crippen molar-refractivity contribution in [3.8, 4) is 0 Å². The number of rotatable bonds is 3. The average molecular weight is 261 g/mol. The number of hydrogen-bond donors (Lipinski definition) is 2. The van der Waals surface area contributed by atoms with Crippen LogP contribution in [0.15, 0.2) is 11.2 Å². The van der Waals surface area contributed by atoms with E-state index < -0.39 is 16.0 Å². The van der Waals surface area contributed by atoms with Gasteiger partial charge in [0.05, 0.1) is 19.4 Å². The molecule has 0 aliphatic carbocycles. The molecule has 8 nitrogen and oxygen atoms in total. The Hall–Kier alpha value is -1.45. The lowest BCUT2D eigenvalue weighted by molar-refractivity contribution is 0.0688. The molecule has 9 heteroatoms. The molecule has 1 aromatic heterocycles. The highest BCUT2D eigenvalue weighted by molar-refractivity contribution is 7.89. The maximum absolute atomic E-state index is 12.1. The fourth-order valence-electron chi connectivity index (χ4n) is 1.54. The minimum Gasteiger partial charge on any atom is -0.478 e. The summed E-state index contributed by atoms with van der Waals surface area (Å²) in [7, 11) is -3.84. The Morgan fingerprint density at radius 3 is 2.71 bits per heavy atom. The van der Waals surface area contributed by atoms with Crippen LogP contribution in [0.2, 0.25) is 0 Å². The minimum atomic E-state index is -3.84. The number of aromatic nitrogens is 2. The van der Waals surface area contributed by atoms with E-state index in [0.717, 1.165) is 6.20 Å². The summed E-state index contributed by atoms with van der Waals surface area (Å²) < 4.78 is 30.4. The van der Waals surface area contributed by atoms with Crippen LogP contribution < -0.4 is 0 Å². The number of hydrogen-bond acceptors (Lipinski definition) is 5. The first-order chi connectivity index (χ1) is 8.03. The van der Waals surface area contributed by atoms with Crippen LogP contribution in [0.3, 0.4) is 0 Å². The molecule has 0 radical (unpaired) electrons. The van der Waals surface area contributed by atoms with E-state index in [1.54, 1.807) is 0 Å². The van der Waals surface area contributed by atoms with Crippen LogP contribution in [0.4, 0.5) is 0 Å². The Bertz CT molecular complexity index is 517. The van der Waals surface area contributed by atoms with Crippen LogP contribution in [0.25, 0.3) is 0 Å². The lowest BCUT2D eigenvalue weighted by atomic mass is 10.4. The third-order valence-corrected chi connectivity index (χ3v) is 4.27. The largest absolute Gasteiger partial charge is 0.478 e. The number of nitrogens with one attached hydrogen (secondary N) is 1.